The number of hydrogen-bond donors (Lipinski definition) is 1. The standard InChI is InChI=1S/C13H23N5O/c1-13(2,3)10-4-6-17(7-5-10)11(19)8-18-9-15-12(14)16-18/h9-10H,4-8H2,1-3H3,(H2,14,16). The first-order valence-corrected chi connectivity index (χ1v) is 6.79. The van der Waals surface area contributed by atoms with Crippen LogP contribution < -0.4 is 5.73 Å². The van der Waals surface area contributed by atoms with Crippen LogP contribution in [-0.4, -0.2) is 38.7 Å². The number of nitrogen functional groups attached to an aromatic ring is 1. The summed E-state index contributed by atoms with van der Waals surface area (Å²) in [6, 6.07) is 0. The predicted octanol–water partition coefficient (Wildman–Crippen LogP) is 1.14. The number of likely N-dealkylation sites (tertiary alicyclic amines) is 1. The van der Waals surface area contributed by atoms with Crippen LogP contribution in [0.4, 0.5) is 5.95 Å². The van der Waals surface area contributed by atoms with Gasteiger partial charge in [-0.3, -0.25) is 4.79 Å². The van der Waals surface area contributed by atoms with Gasteiger partial charge in [-0.05, 0) is 24.2 Å². The molecule has 2 N–H and O–H groups in total. The van der Waals surface area contributed by atoms with Crippen molar-refractivity contribution >= 4 is 11.9 Å². The van der Waals surface area contributed by atoms with E-state index in [1.807, 2.05) is 4.90 Å². The number of nitrogens with two attached hydrogens (primary N) is 1. The fourth-order valence-electron chi connectivity index (χ4n) is 2.62. The van der Waals surface area contributed by atoms with Crippen LogP contribution in [0.2, 0.25) is 0 Å². The van der Waals surface area contributed by atoms with Gasteiger partial charge < -0.3 is 10.6 Å². The molecule has 0 spiro atoms. The molecule has 0 bridgehead atoms. The molecule has 106 valence electrons. The number of carbonyl (C=O) groups is 1. The third-order valence-corrected chi connectivity index (χ3v) is 3.92. The van der Waals surface area contributed by atoms with Crippen LogP contribution in [-0.2, 0) is 11.3 Å². The van der Waals surface area contributed by atoms with E-state index in [2.05, 4.69) is 30.9 Å². The number of anilines is 1. The Balaban J connectivity index is 1.86. The zero-order chi connectivity index (χ0) is 14.0. The number of carbonyl (C=O) groups excluding carboxylic acids is 1. The molecule has 1 aromatic heterocycles. The van der Waals surface area contributed by atoms with Crippen molar-refractivity contribution in [1.82, 2.24) is 19.7 Å². The highest BCUT2D eigenvalue weighted by Gasteiger charge is 2.30. The Bertz CT molecular complexity index is 440. The minimum absolute atomic E-state index is 0.0947. The number of piperidine rings is 1. The molecular formula is C13H23N5O. The van der Waals surface area contributed by atoms with Crippen LogP contribution >= 0.6 is 0 Å². The lowest BCUT2D eigenvalue weighted by Crippen LogP contribution is -2.42. The molecule has 1 aromatic rings. The van der Waals surface area contributed by atoms with E-state index in [0.29, 0.717) is 11.3 Å². The second-order valence-corrected chi connectivity index (χ2v) is 6.32. The molecular weight excluding hydrogens is 242 g/mol. The molecule has 1 saturated heterocycles. The maximum atomic E-state index is 12.1. The van der Waals surface area contributed by atoms with E-state index in [-0.39, 0.29) is 18.4 Å². The van der Waals surface area contributed by atoms with Crippen molar-refractivity contribution in [3.8, 4) is 0 Å². The molecule has 0 atom stereocenters. The molecule has 1 fully saturated rings. The molecule has 2 rings (SSSR count). The third-order valence-electron chi connectivity index (χ3n) is 3.92. The van der Waals surface area contributed by atoms with E-state index in [0.717, 1.165) is 25.9 Å². The largest absolute Gasteiger partial charge is 0.367 e. The highest BCUT2D eigenvalue weighted by atomic mass is 16.2. The molecule has 6 heteroatoms. The Morgan fingerprint density at radius 1 is 1.42 bits per heavy atom. The Morgan fingerprint density at radius 3 is 2.53 bits per heavy atom. The first-order valence-electron chi connectivity index (χ1n) is 6.79. The zero-order valence-corrected chi connectivity index (χ0v) is 12.0. The minimum Gasteiger partial charge on any atom is -0.367 e. The normalized spacial score (nSPS) is 17.7. The summed E-state index contributed by atoms with van der Waals surface area (Å²) in [5.74, 6) is 0.995. The molecule has 0 unspecified atom stereocenters. The SMILES string of the molecule is CC(C)(C)C1CCN(C(=O)Cn2cnc(N)n2)CC1. The van der Waals surface area contributed by atoms with Crippen molar-refractivity contribution in [3.05, 3.63) is 6.33 Å². The molecule has 1 aliphatic rings. The summed E-state index contributed by atoms with van der Waals surface area (Å²) >= 11 is 0. The van der Waals surface area contributed by atoms with Crippen molar-refractivity contribution < 1.29 is 4.79 Å². The van der Waals surface area contributed by atoms with E-state index in [1.165, 1.54) is 11.0 Å². The van der Waals surface area contributed by atoms with Gasteiger partial charge in [0.05, 0.1) is 0 Å². The summed E-state index contributed by atoms with van der Waals surface area (Å²) in [4.78, 5) is 17.9. The fourth-order valence-corrected chi connectivity index (χ4v) is 2.62. The van der Waals surface area contributed by atoms with Crippen LogP contribution in [0, 0.1) is 11.3 Å². The van der Waals surface area contributed by atoms with Crippen molar-refractivity contribution in [1.29, 1.82) is 0 Å². The van der Waals surface area contributed by atoms with Gasteiger partial charge in [-0.25, -0.2) is 9.67 Å². The second-order valence-electron chi connectivity index (χ2n) is 6.32. The molecule has 0 saturated carbocycles. The fraction of sp³-hybridized carbons (Fsp3) is 0.769. The summed E-state index contributed by atoms with van der Waals surface area (Å²) in [5.41, 5.74) is 5.76. The predicted molar refractivity (Wildman–Crippen MR) is 73.2 cm³/mol. The van der Waals surface area contributed by atoms with Crippen LogP contribution in [0.1, 0.15) is 33.6 Å². The molecule has 0 aromatic carbocycles. The number of aromatic nitrogens is 3. The zero-order valence-electron chi connectivity index (χ0n) is 12.0. The van der Waals surface area contributed by atoms with Crippen LogP contribution in [0.5, 0.6) is 0 Å². The average Bonchev–Trinajstić information content (AvgIpc) is 2.74. The Hall–Kier alpha value is -1.59. The van der Waals surface area contributed by atoms with E-state index in [4.69, 9.17) is 5.73 Å². The van der Waals surface area contributed by atoms with E-state index in [9.17, 15) is 4.79 Å². The van der Waals surface area contributed by atoms with Crippen molar-refractivity contribution in [2.75, 3.05) is 18.8 Å². The maximum Gasteiger partial charge on any atom is 0.244 e. The van der Waals surface area contributed by atoms with Gasteiger partial charge in [0.25, 0.3) is 0 Å². The molecule has 1 aliphatic heterocycles. The summed E-state index contributed by atoms with van der Waals surface area (Å²) in [6.07, 6.45) is 3.65. The number of hydrogen-bond acceptors (Lipinski definition) is 4. The molecule has 0 radical (unpaired) electrons. The number of amides is 1. The van der Waals surface area contributed by atoms with E-state index < -0.39 is 0 Å². The van der Waals surface area contributed by atoms with E-state index >= 15 is 0 Å². The van der Waals surface area contributed by atoms with Crippen molar-refractivity contribution in [2.45, 2.75) is 40.2 Å². The lowest BCUT2D eigenvalue weighted by molar-refractivity contribution is -0.134. The second kappa shape index (κ2) is 5.19. The number of rotatable bonds is 2. The average molecular weight is 265 g/mol. The van der Waals surface area contributed by atoms with Gasteiger partial charge in [0.15, 0.2) is 0 Å². The van der Waals surface area contributed by atoms with Crippen molar-refractivity contribution in [2.24, 2.45) is 11.3 Å². The summed E-state index contributed by atoms with van der Waals surface area (Å²) in [5, 5.41) is 3.94. The van der Waals surface area contributed by atoms with Crippen LogP contribution in [0.25, 0.3) is 0 Å². The Kier molecular flexibility index (Phi) is 3.78. The molecule has 6 nitrogen and oxygen atoms in total. The first kappa shape index (κ1) is 13.8. The van der Waals surface area contributed by atoms with Gasteiger partial charge in [-0.2, -0.15) is 0 Å². The highest BCUT2D eigenvalue weighted by Crippen LogP contribution is 2.34. The first-order chi connectivity index (χ1) is 8.86. The topological polar surface area (TPSA) is 77.0 Å². The van der Waals surface area contributed by atoms with Gasteiger partial charge >= 0.3 is 0 Å². The highest BCUT2D eigenvalue weighted by molar-refractivity contribution is 5.76. The molecule has 2 heterocycles. The third kappa shape index (κ3) is 3.45. The Labute approximate surface area is 114 Å². The van der Waals surface area contributed by atoms with Crippen molar-refractivity contribution in [3.63, 3.8) is 0 Å². The van der Waals surface area contributed by atoms with Crippen LogP contribution in [0.15, 0.2) is 6.33 Å². The van der Waals surface area contributed by atoms with Gasteiger partial charge in [0, 0.05) is 13.1 Å². The summed E-state index contributed by atoms with van der Waals surface area (Å²) in [6.45, 7) is 8.72. The molecule has 19 heavy (non-hydrogen) atoms. The smallest absolute Gasteiger partial charge is 0.244 e. The van der Waals surface area contributed by atoms with Gasteiger partial charge in [0.1, 0.15) is 12.9 Å². The molecule has 0 aliphatic carbocycles. The lowest BCUT2D eigenvalue weighted by atomic mass is 9.75. The van der Waals surface area contributed by atoms with Crippen LogP contribution in [0.3, 0.4) is 0 Å². The summed E-state index contributed by atoms with van der Waals surface area (Å²) < 4.78 is 1.49. The maximum absolute atomic E-state index is 12.1. The monoisotopic (exact) mass is 265 g/mol. The minimum atomic E-state index is 0.0947. The molecule has 1 amide bonds. The lowest BCUT2D eigenvalue weighted by Gasteiger charge is -2.38. The quantitative estimate of drug-likeness (QED) is 0.870. The Morgan fingerprint density at radius 2 is 2.05 bits per heavy atom. The van der Waals surface area contributed by atoms with Gasteiger partial charge in [0.2, 0.25) is 11.9 Å². The van der Waals surface area contributed by atoms with E-state index in [1.54, 1.807) is 0 Å². The number of nitrogens with zero attached hydrogens (tertiary/aromatic N) is 4. The van der Waals surface area contributed by atoms with Gasteiger partial charge in [-0.15, -0.1) is 5.10 Å². The summed E-state index contributed by atoms with van der Waals surface area (Å²) in [7, 11) is 0. The van der Waals surface area contributed by atoms with Gasteiger partial charge in [-0.1, -0.05) is 20.8 Å².